The summed E-state index contributed by atoms with van der Waals surface area (Å²) >= 11 is 1.72. The van der Waals surface area contributed by atoms with Gasteiger partial charge in [0.25, 0.3) is 0 Å². The summed E-state index contributed by atoms with van der Waals surface area (Å²) in [6.45, 7) is 10.6. The lowest BCUT2D eigenvalue weighted by atomic mass is 10.2. The maximum absolute atomic E-state index is 4.75. The largest absolute Gasteiger partial charge is 0.373 e. The standard InChI is InChI=1S/C17H23N3S/c1-10(2)15-19-16(18-6)13(5)17(20-15)21-14-8-7-11(3)9-12(14)4/h7-10H,1-6H3,(H,18,19,20). The highest BCUT2D eigenvalue weighted by atomic mass is 32.2. The monoisotopic (exact) mass is 301 g/mol. The van der Waals surface area contributed by atoms with Gasteiger partial charge in [0, 0.05) is 23.4 Å². The normalized spacial score (nSPS) is 11.0. The fraction of sp³-hybridized carbons (Fsp3) is 0.412. The Bertz CT molecular complexity index is 651. The van der Waals surface area contributed by atoms with Gasteiger partial charge in [-0.15, -0.1) is 0 Å². The zero-order valence-corrected chi connectivity index (χ0v) is 14.4. The van der Waals surface area contributed by atoms with E-state index in [9.17, 15) is 0 Å². The van der Waals surface area contributed by atoms with E-state index in [1.165, 1.54) is 16.0 Å². The van der Waals surface area contributed by atoms with Crippen LogP contribution in [0.3, 0.4) is 0 Å². The lowest BCUT2D eigenvalue weighted by Gasteiger charge is -2.14. The van der Waals surface area contributed by atoms with Crippen LogP contribution in [0.4, 0.5) is 5.82 Å². The van der Waals surface area contributed by atoms with Crippen molar-refractivity contribution in [1.82, 2.24) is 9.97 Å². The SMILES string of the molecule is CNc1nc(C(C)C)nc(Sc2ccc(C)cc2C)c1C. The summed E-state index contributed by atoms with van der Waals surface area (Å²) in [5.74, 6) is 2.12. The molecule has 0 radical (unpaired) electrons. The van der Waals surface area contributed by atoms with Gasteiger partial charge in [-0.1, -0.05) is 43.3 Å². The van der Waals surface area contributed by atoms with Crippen molar-refractivity contribution in [3.8, 4) is 0 Å². The van der Waals surface area contributed by atoms with Gasteiger partial charge in [0.1, 0.15) is 16.7 Å². The molecule has 0 amide bonds. The number of nitrogens with one attached hydrogen (secondary N) is 1. The molecule has 0 fully saturated rings. The highest BCUT2D eigenvalue weighted by Crippen LogP contribution is 2.34. The summed E-state index contributed by atoms with van der Waals surface area (Å²) in [6.07, 6.45) is 0. The van der Waals surface area contributed by atoms with Crippen LogP contribution >= 0.6 is 11.8 Å². The van der Waals surface area contributed by atoms with Crippen molar-refractivity contribution in [1.29, 1.82) is 0 Å². The Hall–Kier alpha value is -1.55. The molecule has 1 aromatic carbocycles. The minimum atomic E-state index is 0.316. The van der Waals surface area contributed by atoms with E-state index in [1.807, 2.05) is 7.05 Å². The molecule has 3 nitrogen and oxygen atoms in total. The zero-order chi connectivity index (χ0) is 15.6. The van der Waals surface area contributed by atoms with E-state index in [-0.39, 0.29) is 0 Å². The van der Waals surface area contributed by atoms with E-state index >= 15 is 0 Å². The number of anilines is 1. The minimum Gasteiger partial charge on any atom is -0.373 e. The topological polar surface area (TPSA) is 37.8 Å². The third-order valence-electron chi connectivity index (χ3n) is 3.41. The summed E-state index contributed by atoms with van der Waals surface area (Å²) < 4.78 is 0. The number of hydrogen-bond acceptors (Lipinski definition) is 4. The first kappa shape index (κ1) is 15.8. The summed E-state index contributed by atoms with van der Waals surface area (Å²) in [4.78, 5) is 10.6. The smallest absolute Gasteiger partial charge is 0.134 e. The van der Waals surface area contributed by atoms with E-state index in [2.05, 4.69) is 63.1 Å². The molecule has 112 valence electrons. The number of aromatic nitrogens is 2. The van der Waals surface area contributed by atoms with E-state index in [4.69, 9.17) is 4.98 Å². The lowest BCUT2D eigenvalue weighted by Crippen LogP contribution is -2.06. The molecule has 0 aliphatic heterocycles. The van der Waals surface area contributed by atoms with Gasteiger partial charge in [0.05, 0.1) is 0 Å². The molecule has 1 N–H and O–H groups in total. The molecule has 21 heavy (non-hydrogen) atoms. The molecule has 0 spiro atoms. The summed E-state index contributed by atoms with van der Waals surface area (Å²) in [5.41, 5.74) is 3.68. The summed E-state index contributed by atoms with van der Waals surface area (Å²) in [5, 5.41) is 4.21. The highest BCUT2D eigenvalue weighted by Gasteiger charge is 2.14. The third-order valence-corrected chi connectivity index (χ3v) is 4.68. The maximum atomic E-state index is 4.75. The van der Waals surface area contributed by atoms with Gasteiger partial charge in [-0.2, -0.15) is 0 Å². The van der Waals surface area contributed by atoms with Crippen molar-refractivity contribution in [2.24, 2.45) is 0 Å². The van der Waals surface area contributed by atoms with Crippen molar-refractivity contribution < 1.29 is 0 Å². The van der Waals surface area contributed by atoms with Crippen LogP contribution in [0.5, 0.6) is 0 Å². The average Bonchev–Trinajstić information content (AvgIpc) is 2.43. The van der Waals surface area contributed by atoms with Gasteiger partial charge in [-0.25, -0.2) is 9.97 Å². The molecular formula is C17H23N3S. The molecule has 0 saturated heterocycles. The van der Waals surface area contributed by atoms with Crippen molar-refractivity contribution in [2.75, 3.05) is 12.4 Å². The molecule has 0 unspecified atom stereocenters. The average molecular weight is 301 g/mol. The van der Waals surface area contributed by atoms with Crippen LogP contribution in [0.25, 0.3) is 0 Å². The molecule has 0 atom stereocenters. The minimum absolute atomic E-state index is 0.316. The fourth-order valence-corrected chi connectivity index (χ4v) is 3.08. The number of aryl methyl sites for hydroxylation is 2. The van der Waals surface area contributed by atoms with Crippen LogP contribution in [-0.2, 0) is 0 Å². The van der Waals surface area contributed by atoms with Gasteiger partial charge in [0.15, 0.2) is 0 Å². The predicted octanol–water partition coefficient (Wildman–Crippen LogP) is 4.72. The Morgan fingerprint density at radius 2 is 1.81 bits per heavy atom. The van der Waals surface area contributed by atoms with Gasteiger partial charge in [-0.05, 0) is 32.4 Å². The number of rotatable bonds is 4. The molecule has 0 bridgehead atoms. The Morgan fingerprint density at radius 1 is 1.10 bits per heavy atom. The van der Waals surface area contributed by atoms with E-state index < -0.39 is 0 Å². The zero-order valence-electron chi connectivity index (χ0n) is 13.6. The van der Waals surface area contributed by atoms with Crippen LogP contribution < -0.4 is 5.32 Å². The Kier molecular flexibility index (Phi) is 4.88. The Balaban J connectivity index is 2.45. The van der Waals surface area contributed by atoms with E-state index in [1.54, 1.807) is 11.8 Å². The van der Waals surface area contributed by atoms with Gasteiger partial charge < -0.3 is 5.32 Å². The van der Waals surface area contributed by atoms with E-state index in [0.29, 0.717) is 5.92 Å². The molecule has 0 saturated carbocycles. The molecule has 0 aliphatic rings. The second kappa shape index (κ2) is 6.48. The van der Waals surface area contributed by atoms with Crippen molar-refractivity contribution in [3.63, 3.8) is 0 Å². The summed E-state index contributed by atoms with van der Waals surface area (Å²) in [7, 11) is 1.91. The van der Waals surface area contributed by atoms with Crippen molar-refractivity contribution >= 4 is 17.6 Å². The lowest BCUT2D eigenvalue weighted by molar-refractivity contribution is 0.749. The number of hydrogen-bond donors (Lipinski definition) is 1. The quantitative estimate of drug-likeness (QED) is 0.829. The number of nitrogens with zero attached hydrogens (tertiary/aromatic N) is 2. The molecule has 1 heterocycles. The first-order valence-electron chi connectivity index (χ1n) is 7.23. The van der Waals surface area contributed by atoms with Crippen molar-refractivity contribution in [2.45, 2.75) is 50.5 Å². The van der Waals surface area contributed by atoms with Crippen LogP contribution in [0.1, 0.15) is 42.3 Å². The fourth-order valence-electron chi connectivity index (χ4n) is 2.13. The Labute approximate surface area is 131 Å². The second-order valence-electron chi connectivity index (χ2n) is 5.64. The van der Waals surface area contributed by atoms with Gasteiger partial charge in [-0.3, -0.25) is 0 Å². The van der Waals surface area contributed by atoms with Gasteiger partial charge >= 0.3 is 0 Å². The van der Waals surface area contributed by atoms with Crippen LogP contribution in [0.15, 0.2) is 28.1 Å². The first-order chi connectivity index (χ1) is 9.92. The Morgan fingerprint density at radius 3 is 2.38 bits per heavy atom. The predicted molar refractivity (Wildman–Crippen MR) is 90.4 cm³/mol. The molecule has 1 aromatic heterocycles. The van der Waals surface area contributed by atoms with Crippen LogP contribution in [0.2, 0.25) is 0 Å². The van der Waals surface area contributed by atoms with Crippen molar-refractivity contribution in [3.05, 3.63) is 40.7 Å². The highest BCUT2D eigenvalue weighted by molar-refractivity contribution is 7.99. The van der Waals surface area contributed by atoms with E-state index in [0.717, 1.165) is 22.2 Å². The van der Waals surface area contributed by atoms with Crippen LogP contribution in [-0.4, -0.2) is 17.0 Å². The number of benzene rings is 1. The molecular weight excluding hydrogens is 278 g/mol. The summed E-state index contributed by atoms with van der Waals surface area (Å²) in [6, 6.07) is 6.53. The first-order valence-corrected chi connectivity index (χ1v) is 8.05. The van der Waals surface area contributed by atoms with Gasteiger partial charge in [0.2, 0.25) is 0 Å². The van der Waals surface area contributed by atoms with Crippen LogP contribution in [0, 0.1) is 20.8 Å². The molecule has 2 aromatic rings. The molecule has 2 rings (SSSR count). The third kappa shape index (κ3) is 3.56. The molecule has 0 aliphatic carbocycles. The second-order valence-corrected chi connectivity index (χ2v) is 6.67. The molecule has 4 heteroatoms. The maximum Gasteiger partial charge on any atom is 0.134 e.